The number of anilines is 2. The lowest BCUT2D eigenvalue weighted by molar-refractivity contribution is 0.721. The Morgan fingerprint density at radius 3 is 3.05 bits per heavy atom. The highest BCUT2D eigenvalue weighted by atomic mass is 15.2. The molecule has 5 heteroatoms. The van der Waals surface area contributed by atoms with Gasteiger partial charge in [0, 0.05) is 30.3 Å². The van der Waals surface area contributed by atoms with Gasteiger partial charge in [0.05, 0.1) is 6.04 Å². The molecule has 0 bridgehead atoms. The van der Waals surface area contributed by atoms with E-state index in [1.54, 1.807) is 0 Å². The molecule has 3 rings (SSSR count). The van der Waals surface area contributed by atoms with E-state index in [9.17, 15) is 0 Å². The van der Waals surface area contributed by atoms with Crippen LogP contribution < -0.4 is 16.4 Å². The summed E-state index contributed by atoms with van der Waals surface area (Å²) < 4.78 is 0. The van der Waals surface area contributed by atoms with Crippen LogP contribution in [0, 0.1) is 12.8 Å². The van der Waals surface area contributed by atoms with E-state index in [4.69, 9.17) is 10.7 Å². The Labute approximate surface area is 130 Å². The third kappa shape index (κ3) is 3.19. The molecule has 4 N–H and O–H groups in total. The maximum atomic E-state index is 5.85. The average Bonchev–Trinajstić information content (AvgIpc) is 2.51. The number of rotatable bonds is 2. The molecule has 1 aromatic rings. The number of nitrogen functional groups attached to an aromatic ring is 1. The van der Waals surface area contributed by atoms with Crippen molar-refractivity contribution < 1.29 is 0 Å². The van der Waals surface area contributed by atoms with Crippen molar-refractivity contribution in [3.8, 4) is 0 Å². The highest BCUT2D eigenvalue weighted by Gasteiger charge is 2.16. The molecule has 0 aliphatic carbocycles. The number of dihydropyridines is 1. The maximum absolute atomic E-state index is 5.85. The van der Waals surface area contributed by atoms with Crippen LogP contribution in [0.3, 0.4) is 0 Å². The van der Waals surface area contributed by atoms with Crippen molar-refractivity contribution in [2.75, 3.05) is 17.6 Å². The number of hydrogen-bond donors (Lipinski definition) is 3. The minimum Gasteiger partial charge on any atom is -0.399 e. The number of aliphatic imine (C=N–C) groups is 2. The third-order valence-corrected chi connectivity index (χ3v) is 3.73. The molecule has 0 saturated carbocycles. The summed E-state index contributed by atoms with van der Waals surface area (Å²) in [4.78, 5) is 9.11. The molecule has 5 nitrogen and oxygen atoms in total. The van der Waals surface area contributed by atoms with Crippen LogP contribution in [0.15, 0.2) is 52.1 Å². The first-order valence-corrected chi connectivity index (χ1v) is 7.47. The lowest BCUT2D eigenvalue weighted by atomic mass is 10.00. The predicted octanol–water partition coefficient (Wildman–Crippen LogP) is 2.48. The van der Waals surface area contributed by atoms with Crippen LogP contribution in [-0.2, 0) is 0 Å². The van der Waals surface area contributed by atoms with Gasteiger partial charge in [-0.25, -0.2) is 4.99 Å². The van der Waals surface area contributed by atoms with Gasteiger partial charge in [0.2, 0.25) is 5.96 Å². The molecule has 2 aliphatic rings. The summed E-state index contributed by atoms with van der Waals surface area (Å²) in [7, 11) is 0. The lowest BCUT2D eigenvalue weighted by Gasteiger charge is -2.21. The molecule has 2 heterocycles. The van der Waals surface area contributed by atoms with E-state index >= 15 is 0 Å². The first-order chi connectivity index (χ1) is 10.6. The normalized spacial score (nSPS) is 23.5. The molecule has 0 saturated heterocycles. The van der Waals surface area contributed by atoms with E-state index in [1.165, 1.54) is 0 Å². The smallest absolute Gasteiger partial charge is 0.200 e. The van der Waals surface area contributed by atoms with Crippen LogP contribution in [0.1, 0.15) is 12.5 Å². The predicted molar refractivity (Wildman–Crippen MR) is 93.3 cm³/mol. The summed E-state index contributed by atoms with van der Waals surface area (Å²) in [6, 6.07) is 5.80. The summed E-state index contributed by atoms with van der Waals surface area (Å²) in [5.74, 6) is 1.18. The Kier molecular flexibility index (Phi) is 3.96. The molecule has 2 aliphatic heterocycles. The first kappa shape index (κ1) is 14.4. The number of nitrogens with one attached hydrogen (secondary N) is 2. The molecular weight excluding hydrogens is 274 g/mol. The molecule has 0 fully saturated rings. The summed E-state index contributed by atoms with van der Waals surface area (Å²) in [5, 5.41) is 6.45. The van der Waals surface area contributed by atoms with Gasteiger partial charge in [-0.05, 0) is 42.2 Å². The van der Waals surface area contributed by atoms with E-state index in [2.05, 4.69) is 28.6 Å². The number of hydrogen-bond acceptors (Lipinski definition) is 5. The van der Waals surface area contributed by atoms with Crippen LogP contribution in [-0.4, -0.2) is 24.8 Å². The third-order valence-electron chi connectivity index (χ3n) is 3.73. The highest BCUT2D eigenvalue weighted by Crippen LogP contribution is 2.20. The molecule has 0 spiro atoms. The van der Waals surface area contributed by atoms with Gasteiger partial charge >= 0.3 is 0 Å². The largest absolute Gasteiger partial charge is 0.399 e. The second kappa shape index (κ2) is 6.05. The summed E-state index contributed by atoms with van der Waals surface area (Å²) in [6.07, 6.45) is 8.11. The van der Waals surface area contributed by atoms with Crippen molar-refractivity contribution in [2.45, 2.75) is 19.9 Å². The zero-order chi connectivity index (χ0) is 15.5. The molecule has 1 aromatic carbocycles. The number of aryl methyl sites for hydroxylation is 1. The van der Waals surface area contributed by atoms with E-state index < -0.39 is 0 Å². The molecular formula is C17H21N5. The maximum Gasteiger partial charge on any atom is 0.200 e. The van der Waals surface area contributed by atoms with Gasteiger partial charge < -0.3 is 16.4 Å². The number of nitrogens with two attached hydrogens (primary N) is 1. The molecule has 0 radical (unpaired) electrons. The fraction of sp³-hybridized carbons (Fsp3) is 0.294. The zero-order valence-electron chi connectivity index (χ0n) is 12.9. The summed E-state index contributed by atoms with van der Waals surface area (Å²) in [5.41, 5.74) is 9.80. The number of guanidine groups is 1. The topological polar surface area (TPSA) is 74.8 Å². The van der Waals surface area contributed by atoms with Crippen LogP contribution in [0.2, 0.25) is 0 Å². The number of nitrogens with zero attached hydrogens (tertiary/aromatic N) is 2. The van der Waals surface area contributed by atoms with Crippen LogP contribution in [0.4, 0.5) is 11.4 Å². The first-order valence-electron chi connectivity index (χ1n) is 7.47. The second-order valence-electron chi connectivity index (χ2n) is 5.76. The van der Waals surface area contributed by atoms with Crippen molar-refractivity contribution >= 4 is 23.5 Å². The van der Waals surface area contributed by atoms with Crippen molar-refractivity contribution in [3.63, 3.8) is 0 Å². The Balaban J connectivity index is 1.80. The van der Waals surface area contributed by atoms with E-state index in [1.807, 2.05) is 43.6 Å². The Morgan fingerprint density at radius 1 is 1.36 bits per heavy atom. The van der Waals surface area contributed by atoms with Gasteiger partial charge in [0.1, 0.15) is 0 Å². The average molecular weight is 295 g/mol. The molecule has 22 heavy (non-hydrogen) atoms. The number of benzene rings is 1. The van der Waals surface area contributed by atoms with Gasteiger partial charge in [-0.1, -0.05) is 19.1 Å². The molecule has 0 aromatic heterocycles. The zero-order valence-corrected chi connectivity index (χ0v) is 12.9. The monoisotopic (exact) mass is 295 g/mol. The van der Waals surface area contributed by atoms with Gasteiger partial charge in [0.15, 0.2) is 0 Å². The minimum atomic E-state index is -0.00313. The molecule has 2 atom stereocenters. The van der Waals surface area contributed by atoms with Crippen molar-refractivity contribution in [1.29, 1.82) is 0 Å². The standard InChI is InChI=1S/C17H21N5/c1-11-7-13(10-19-9-11)15-5-6-20-17(21-15)22-16-8-14(18)4-3-12(16)2/h3-8,10-11,15H,9,18H2,1-2H3,(H2,20,21,22). The highest BCUT2D eigenvalue weighted by molar-refractivity contribution is 5.97. The van der Waals surface area contributed by atoms with Crippen molar-refractivity contribution in [1.82, 2.24) is 5.32 Å². The Hall–Kier alpha value is -2.56. The fourth-order valence-electron chi connectivity index (χ4n) is 2.52. The minimum absolute atomic E-state index is 0.00313. The molecule has 114 valence electrons. The van der Waals surface area contributed by atoms with E-state index in [0.29, 0.717) is 11.9 Å². The summed E-state index contributed by atoms with van der Waals surface area (Å²) >= 11 is 0. The molecule has 0 amide bonds. The SMILES string of the molecule is Cc1ccc(N)cc1NC1=NC(C2=CC(C)CN=C2)C=CN1. The van der Waals surface area contributed by atoms with Gasteiger partial charge in [-0.3, -0.25) is 4.99 Å². The second-order valence-corrected chi connectivity index (χ2v) is 5.76. The lowest BCUT2D eigenvalue weighted by Crippen LogP contribution is -2.32. The van der Waals surface area contributed by atoms with E-state index in [0.717, 1.165) is 29.1 Å². The van der Waals surface area contributed by atoms with E-state index in [-0.39, 0.29) is 6.04 Å². The van der Waals surface area contributed by atoms with Gasteiger partial charge in [-0.15, -0.1) is 0 Å². The quantitative estimate of drug-likeness (QED) is 0.734. The summed E-state index contributed by atoms with van der Waals surface area (Å²) in [6.45, 7) is 5.06. The van der Waals surface area contributed by atoms with Crippen LogP contribution in [0.5, 0.6) is 0 Å². The Bertz CT molecular complexity index is 684. The van der Waals surface area contributed by atoms with Crippen LogP contribution in [0.25, 0.3) is 0 Å². The van der Waals surface area contributed by atoms with Gasteiger partial charge in [-0.2, -0.15) is 0 Å². The van der Waals surface area contributed by atoms with Crippen molar-refractivity contribution in [3.05, 3.63) is 47.7 Å². The van der Waals surface area contributed by atoms with Crippen LogP contribution >= 0.6 is 0 Å². The molecule has 2 unspecified atom stereocenters. The van der Waals surface area contributed by atoms with Gasteiger partial charge in [0.25, 0.3) is 0 Å². The van der Waals surface area contributed by atoms with Crippen molar-refractivity contribution in [2.24, 2.45) is 15.9 Å². The Morgan fingerprint density at radius 2 is 2.23 bits per heavy atom. The fourth-order valence-corrected chi connectivity index (χ4v) is 2.52.